The summed E-state index contributed by atoms with van der Waals surface area (Å²) in [6.45, 7) is 0. The van der Waals surface area contributed by atoms with Gasteiger partial charge >= 0.3 is 11.9 Å². The molecule has 0 saturated heterocycles. The lowest BCUT2D eigenvalue weighted by Gasteiger charge is -2.13. The summed E-state index contributed by atoms with van der Waals surface area (Å²) in [5, 5.41) is 30.3. The van der Waals surface area contributed by atoms with Gasteiger partial charge in [0, 0.05) is 6.07 Å². The van der Waals surface area contributed by atoms with E-state index in [1.165, 1.54) is 0 Å². The van der Waals surface area contributed by atoms with Crippen molar-refractivity contribution in [3.8, 4) is 0 Å². The number of nitrogens with zero attached hydrogens (tertiary/aromatic N) is 2. The van der Waals surface area contributed by atoms with Crippen LogP contribution in [0, 0.1) is 10.1 Å². The van der Waals surface area contributed by atoms with Crippen molar-refractivity contribution < 1.29 is 24.7 Å². The van der Waals surface area contributed by atoms with E-state index in [0.29, 0.717) is 0 Å². The summed E-state index contributed by atoms with van der Waals surface area (Å²) in [4.78, 5) is 34.9. The van der Waals surface area contributed by atoms with Crippen molar-refractivity contribution in [2.24, 2.45) is 0 Å². The van der Waals surface area contributed by atoms with Gasteiger partial charge in [-0.2, -0.15) is 0 Å². The molecule has 1 aromatic heterocycles. The maximum Gasteiger partial charge on any atom is 0.326 e. The zero-order valence-electron chi connectivity index (χ0n) is 9.24. The number of rotatable bonds is 6. The van der Waals surface area contributed by atoms with E-state index in [2.05, 4.69) is 26.2 Å². The van der Waals surface area contributed by atoms with Crippen molar-refractivity contribution in [2.45, 2.75) is 12.5 Å². The van der Waals surface area contributed by atoms with Crippen LogP contribution in [0.2, 0.25) is 0 Å². The van der Waals surface area contributed by atoms with E-state index in [4.69, 9.17) is 10.2 Å². The minimum absolute atomic E-state index is 0.0132. The smallest absolute Gasteiger partial charge is 0.326 e. The first-order chi connectivity index (χ1) is 8.81. The van der Waals surface area contributed by atoms with Crippen LogP contribution in [0.15, 0.2) is 16.7 Å². The molecule has 19 heavy (non-hydrogen) atoms. The Morgan fingerprint density at radius 1 is 1.53 bits per heavy atom. The maximum absolute atomic E-state index is 10.8. The molecule has 102 valence electrons. The minimum atomic E-state index is -1.39. The fourth-order valence-electron chi connectivity index (χ4n) is 1.17. The monoisotopic (exact) mass is 333 g/mol. The first-order valence-electron chi connectivity index (χ1n) is 4.82. The molecule has 0 aliphatic carbocycles. The average Bonchev–Trinajstić information content (AvgIpc) is 2.29. The Kier molecular flexibility index (Phi) is 4.75. The summed E-state index contributed by atoms with van der Waals surface area (Å²) in [7, 11) is 0. The molecule has 0 radical (unpaired) electrons. The van der Waals surface area contributed by atoms with Crippen molar-refractivity contribution in [1.29, 1.82) is 0 Å². The molecule has 0 spiro atoms. The highest BCUT2D eigenvalue weighted by Crippen LogP contribution is 2.25. The van der Waals surface area contributed by atoms with Gasteiger partial charge in [-0.1, -0.05) is 0 Å². The van der Waals surface area contributed by atoms with Crippen molar-refractivity contribution >= 4 is 39.4 Å². The molecular weight excluding hydrogens is 326 g/mol. The lowest BCUT2D eigenvalue weighted by Crippen LogP contribution is -2.32. The molecule has 10 heteroatoms. The SMILES string of the molecule is O=C(O)CC(Nc1ncc([N+](=O)[O-])cc1Br)C(=O)O. The van der Waals surface area contributed by atoms with Crippen molar-refractivity contribution in [1.82, 2.24) is 4.98 Å². The van der Waals surface area contributed by atoms with Crippen molar-refractivity contribution in [2.75, 3.05) is 5.32 Å². The minimum Gasteiger partial charge on any atom is -0.481 e. The molecule has 0 fully saturated rings. The van der Waals surface area contributed by atoms with Crippen LogP contribution >= 0.6 is 15.9 Å². The number of halogens is 1. The molecule has 3 N–H and O–H groups in total. The van der Waals surface area contributed by atoms with Gasteiger partial charge in [0.25, 0.3) is 5.69 Å². The molecule has 1 rings (SSSR count). The molecule has 0 aromatic carbocycles. The van der Waals surface area contributed by atoms with Crippen molar-refractivity contribution in [3.63, 3.8) is 0 Å². The van der Waals surface area contributed by atoms with E-state index < -0.39 is 29.3 Å². The maximum atomic E-state index is 10.8. The van der Waals surface area contributed by atoms with Crippen LogP contribution in [0.5, 0.6) is 0 Å². The lowest BCUT2D eigenvalue weighted by atomic mass is 10.2. The molecule has 0 amide bonds. The normalized spacial score (nSPS) is 11.6. The number of hydrogen-bond donors (Lipinski definition) is 3. The summed E-state index contributed by atoms with van der Waals surface area (Å²) in [6.07, 6.45) is 0.285. The number of nitro groups is 1. The number of pyridine rings is 1. The van der Waals surface area contributed by atoms with Crippen LogP contribution in [0.4, 0.5) is 11.5 Å². The highest BCUT2D eigenvalue weighted by molar-refractivity contribution is 9.10. The summed E-state index contributed by atoms with van der Waals surface area (Å²) in [5.74, 6) is -2.65. The van der Waals surface area contributed by atoms with E-state index >= 15 is 0 Å². The molecule has 9 nitrogen and oxygen atoms in total. The van der Waals surface area contributed by atoms with Gasteiger partial charge in [0.1, 0.15) is 18.1 Å². The fraction of sp³-hybridized carbons (Fsp3) is 0.222. The first kappa shape index (κ1) is 14.8. The summed E-state index contributed by atoms with van der Waals surface area (Å²) < 4.78 is 0.165. The third-order valence-electron chi connectivity index (χ3n) is 2.03. The number of carboxylic acid groups (broad SMARTS) is 2. The van der Waals surface area contributed by atoms with Crippen LogP contribution < -0.4 is 5.32 Å². The van der Waals surface area contributed by atoms with E-state index in [-0.39, 0.29) is 16.0 Å². The Bertz CT molecular complexity index is 535. The lowest BCUT2D eigenvalue weighted by molar-refractivity contribution is -0.385. The summed E-state index contributed by atoms with van der Waals surface area (Å²) in [5.41, 5.74) is -0.275. The Morgan fingerprint density at radius 3 is 2.58 bits per heavy atom. The number of carbonyl (C=O) groups is 2. The van der Waals surface area contributed by atoms with Gasteiger partial charge in [0.15, 0.2) is 0 Å². The second-order valence-corrected chi connectivity index (χ2v) is 4.27. The third kappa shape index (κ3) is 4.17. The molecule has 1 unspecified atom stereocenters. The topological polar surface area (TPSA) is 143 Å². The quantitative estimate of drug-likeness (QED) is 0.518. The number of nitrogens with one attached hydrogen (secondary N) is 1. The van der Waals surface area contributed by atoms with E-state index in [9.17, 15) is 19.7 Å². The predicted molar refractivity (Wildman–Crippen MR) is 65.9 cm³/mol. The van der Waals surface area contributed by atoms with Gasteiger partial charge in [-0.15, -0.1) is 0 Å². The number of carboxylic acids is 2. The molecule has 1 atom stereocenters. The average molecular weight is 334 g/mol. The molecule has 1 heterocycles. The number of hydrogen-bond acceptors (Lipinski definition) is 6. The molecule has 0 saturated carbocycles. The number of anilines is 1. The zero-order valence-corrected chi connectivity index (χ0v) is 10.8. The van der Waals surface area contributed by atoms with Gasteiger partial charge < -0.3 is 15.5 Å². The summed E-state index contributed by atoms with van der Waals surface area (Å²) >= 11 is 2.99. The van der Waals surface area contributed by atoms with Crippen LogP contribution in [0.3, 0.4) is 0 Å². The Hall–Kier alpha value is -2.23. The second kappa shape index (κ2) is 6.09. The van der Waals surface area contributed by atoms with Gasteiger partial charge in [-0.05, 0) is 15.9 Å². The van der Waals surface area contributed by atoms with Gasteiger partial charge in [0.05, 0.1) is 15.8 Å². The number of aromatic nitrogens is 1. The van der Waals surface area contributed by atoms with Crippen molar-refractivity contribution in [3.05, 3.63) is 26.9 Å². The van der Waals surface area contributed by atoms with E-state index in [0.717, 1.165) is 12.3 Å². The number of aliphatic carboxylic acids is 2. The third-order valence-corrected chi connectivity index (χ3v) is 2.63. The predicted octanol–water partition coefficient (Wildman–Crippen LogP) is 1.09. The standard InChI is InChI=1S/C9H8BrN3O6/c10-5-1-4(13(18)19)3-11-8(5)12-6(9(16)17)2-7(14)15/h1,3,6H,2H2,(H,11,12)(H,14,15)(H,16,17). The Morgan fingerprint density at radius 2 is 2.16 bits per heavy atom. The Labute approximate surface area is 114 Å². The zero-order chi connectivity index (χ0) is 14.6. The summed E-state index contributed by atoms with van der Waals surface area (Å²) in [6, 6.07) is -0.252. The highest BCUT2D eigenvalue weighted by Gasteiger charge is 2.22. The highest BCUT2D eigenvalue weighted by atomic mass is 79.9. The molecular formula is C9H8BrN3O6. The molecule has 0 aliphatic rings. The Balaban J connectivity index is 2.94. The fourth-order valence-corrected chi connectivity index (χ4v) is 1.62. The van der Waals surface area contributed by atoms with Crippen LogP contribution in [0.25, 0.3) is 0 Å². The largest absolute Gasteiger partial charge is 0.481 e. The van der Waals surface area contributed by atoms with E-state index in [1.807, 2.05) is 0 Å². The van der Waals surface area contributed by atoms with Crippen LogP contribution in [0.1, 0.15) is 6.42 Å². The van der Waals surface area contributed by atoms with Gasteiger partial charge in [0.2, 0.25) is 0 Å². The van der Waals surface area contributed by atoms with Gasteiger partial charge in [-0.3, -0.25) is 14.9 Å². The van der Waals surface area contributed by atoms with E-state index in [1.54, 1.807) is 0 Å². The first-order valence-corrected chi connectivity index (χ1v) is 5.61. The second-order valence-electron chi connectivity index (χ2n) is 3.41. The molecule has 0 bridgehead atoms. The van der Waals surface area contributed by atoms with Crippen LogP contribution in [-0.4, -0.2) is 38.1 Å². The molecule has 1 aromatic rings. The van der Waals surface area contributed by atoms with Gasteiger partial charge in [-0.25, -0.2) is 9.78 Å². The van der Waals surface area contributed by atoms with Crippen LogP contribution in [-0.2, 0) is 9.59 Å². The molecule has 0 aliphatic heterocycles.